The molecule has 1 aromatic rings. The molecular formula is C13H21N3. The van der Waals surface area contributed by atoms with Crippen LogP contribution >= 0.6 is 0 Å². The third-order valence-electron chi connectivity index (χ3n) is 3.19. The molecule has 0 aliphatic carbocycles. The van der Waals surface area contributed by atoms with Crippen LogP contribution in [-0.2, 0) is 0 Å². The van der Waals surface area contributed by atoms with Crippen LogP contribution in [-0.4, -0.2) is 23.1 Å². The van der Waals surface area contributed by atoms with Crippen molar-refractivity contribution in [3.8, 4) is 0 Å². The molecule has 2 heterocycles. The largest absolute Gasteiger partial charge is 0.369 e. The van der Waals surface area contributed by atoms with Gasteiger partial charge in [0.25, 0.3) is 0 Å². The lowest BCUT2D eigenvalue weighted by atomic mass is 10.2. The Morgan fingerprint density at radius 2 is 1.50 bits per heavy atom. The zero-order valence-electron chi connectivity index (χ0n) is 10.7. The van der Waals surface area contributed by atoms with Crippen molar-refractivity contribution in [1.82, 2.24) is 9.97 Å². The Morgan fingerprint density at radius 3 is 1.94 bits per heavy atom. The van der Waals surface area contributed by atoms with Gasteiger partial charge in [-0.15, -0.1) is 0 Å². The molecule has 3 nitrogen and oxygen atoms in total. The molecule has 0 bridgehead atoms. The van der Waals surface area contributed by atoms with Crippen LogP contribution in [0.5, 0.6) is 0 Å². The Labute approximate surface area is 97.9 Å². The van der Waals surface area contributed by atoms with Crippen LogP contribution in [0.25, 0.3) is 0 Å². The molecule has 1 aromatic heterocycles. The summed E-state index contributed by atoms with van der Waals surface area (Å²) in [5, 5.41) is 0. The highest BCUT2D eigenvalue weighted by Crippen LogP contribution is 2.27. The fourth-order valence-corrected chi connectivity index (χ4v) is 2.39. The monoisotopic (exact) mass is 219 g/mol. The van der Waals surface area contributed by atoms with E-state index in [0.717, 1.165) is 30.3 Å². The SMILES string of the molecule is Cc1nc(C(C)C)nc(C)c1N1CCCC1. The molecule has 3 heteroatoms. The van der Waals surface area contributed by atoms with Gasteiger partial charge in [-0.3, -0.25) is 0 Å². The number of hydrogen-bond acceptors (Lipinski definition) is 3. The molecule has 1 aliphatic rings. The molecular weight excluding hydrogens is 198 g/mol. The molecule has 1 saturated heterocycles. The molecule has 1 aliphatic heterocycles. The predicted octanol–water partition coefficient (Wildman–Crippen LogP) is 2.82. The van der Waals surface area contributed by atoms with Crippen molar-refractivity contribution < 1.29 is 0 Å². The van der Waals surface area contributed by atoms with Crippen molar-refractivity contribution in [2.24, 2.45) is 0 Å². The van der Waals surface area contributed by atoms with Crippen molar-refractivity contribution in [2.45, 2.75) is 46.5 Å². The summed E-state index contributed by atoms with van der Waals surface area (Å²) < 4.78 is 0. The van der Waals surface area contributed by atoms with Gasteiger partial charge in [-0.2, -0.15) is 0 Å². The fourth-order valence-electron chi connectivity index (χ4n) is 2.39. The first-order chi connectivity index (χ1) is 7.59. The zero-order chi connectivity index (χ0) is 11.7. The minimum atomic E-state index is 0.407. The van der Waals surface area contributed by atoms with Crippen LogP contribution in [0.3, 0.4) is 0 Å². The van der Waals surface area contributed by atoms with Gasteiger partial charge in [-0.1, -0.05) is 13.8 Å². The average molecular weight is 219 g/mol. The highest BCUT2D eigenvalue weighted by molar-refractivity contribution is 5.54. The van der Waals surface area contributed by atoms with E-state index in [-0.39, 0.29) is 0 Å². The second kappa shape index (κ2) is 4.40. The quantitative estimate of drug-likeness (QED) is 0.766. The summed E-state index contributed by atoms with van der Waals surface area (Å²) in [6.07, 6.45) is 2.59. The van der Waals surface area contributed by atoms with E-state index in [9.17, 15) is 0 Å². The molecule has 0 N–H and O–H groups in total. The number of hydrogen-bond donors (Lipinski definition) is 0. The number of anilines is 1. The molecule has 1 fully saturated rings. The molecule has 88 valence electrons. The first kappa shape index (κ1) is 11.4. The van der Waals surface area contributed by atoms with E-state index in [1.165, 1.54) is 18.5 Å². The maximum Gasteiger partial charge on any atom is 0.131 e. The molecule has 16 heavy (non-hydrogen) atoms. The predicted molar refractivity (Wildman–Crippen MR) is 67.0 cm³/mol. The lowest BCUT2D eigenvalue weighted by molar-refractivity contribution is 0.752. The summed E-state index contributed by atoms with van der Waals surface area (Å²) in [6.45, 7) is 10.8. The van der Waals surface area contributed by atoms with E-state index in [0.29, 0.717) is 5.92 Å². The van der Waals surface area contributed by atoms with Gasteiger partial charge < -0.3 is 4.90 Å². The van der Waals surface area contributed by atoms with E-state index in [1.807, 2.05) is 0 Å². The van der Waals surface area contributed by atoms with E-state index >= 15 is 0 Å². The van der Waals surface area contributed by atoms with E-state index in [1.54, 1.807) is 0 Å². The van der Waals surface area contributed by atoms with Crippen molar-refractivity contribution in [3.63, 3.8) is 0 Å². The molecule has 0 radical (unpaired) electrons. The third-order valence-corrected chi connectivity index (χ3v) is 3.19. The Balaban J connectivity index is 2.38. The lowest BCUT2D eigenvalue weighted by Gasteiger charge is -2.22. The van der Waals surface area contributed by atoms with Crippen molar-refractivity contribution in [3.05, 3.63) is 17.2 Å². The van der Waals surface area contributed by atoms with Gasteiger partial charge in [0, 0.05) is 19.0 Å². The second-order valence-corrected chi connectivity index (χ2v) is 4.95. The van der Waals surface area contributed by atoms with E-state index < -0.39 is 0 Å². The molecule has 0 saturated carbocycles. The fraction of sp³-hybridized carbons (Fsp3) is 0.692. The Bertz CT molecular complexity index is 356. The molecule has 2 rings (SSSR count). The molecule has 0 aromatic carbocycles. The van der Waals surface area contributed by atoms with Gasteiger partial charge in [0.1, 0.15) is 5.82 Å². The summed E-state index contributed by atoms with van der Waals surface area (Å²) in [7, 11) is 0. The summed E-state index contributed by atoms with van der Waals surface area (Å²) in [4.78, 5) is 11.7. The van der Waals surface area contributed by atoms with Crippen LogP contribution < -0.4 is 4.90 Å². The summed E-state index contributed by atoms with van der Waals surface area (Å²) in [6, 6.07) is 0. The van der Waals surface area contributed by atoms with E-state index in [4.69, 9.17) is 0 Å². The van der Waals surface area contributed by atoms with Gasteiger partial charge in [-0.05, 0) is 26.7 Å². The summed E-state index contributed by atoms with van der Waals surface area (Å²) >= 11 is 0. The molecule has 0 amide bonds. The number of nitrogens with zero attached hydrogens (tertiary/aromatic N) is 3. The van der Waals surface area contributed by atoms with Gasteiger partial charge >= 0.3 is 0 Å². The van der Waals surface area contributed by atoms with Crippen LogP contribution in [0.1, 0.15) is 49.8 Å². The van der Waals surface area contributed by atoms with Crippen LogP contribution in [0.4, 0.5) is 5.69 Å². The highest BCUT2D eigenvalue weighted by Gasteiger charge is 2.19. The van der Waals surface area contributed by atoms with Crippen molar-refractivity contribution in [1.29, 1.82) is 0 Å². The minimum absolute atomic E-state index is 0.407. The number of rotatable bonds is 2. The molecule has 0 spiro atoms. The summed E-state index contributed by atoms with van der Waals surface area (Å²) in [5.74, 6) is 1.38. The molecule has 0 atom stereocenters. The highest BCUT2D eigenvalue weighted by atomic mass is 15.2. The smallest absolute Gasteiger partial charge is 0.131 e. The normalized spacial score (nSPS) is 16.2. The maximum absolute atomic E-state index is 4.63. The van der Waals surface area contributed by atoms with Crippen LogP contribution in [0.2, 0.25) is 0 Å². The Hall–Kier alpha value is -1.12. The maximum atomic E-state index is 4.63. The lowest BCUT2D eigenvalue weighted by Crippen LogP contribution is -2.21. The third kappa shape index (κ3) is 2.04. The van der Waals surface area contributed by atoms with Crippen molar-refractivity contribution in [2.75, 3.05) is 18.0 Å². The Kier molecular flexibility index (Phi) is 3.13. The second-order valence-electron chi connectivity index (χ2n) is 4.95. The average Bonchev–Trinajstić information content (AvgIpc) is 2.69. The van der Waals surface area contributed by atoms with Gasteiger partial charge in [0.2, 0.25) is 0 Å². The zero-order valence-corrected chi connectivity index (χ0v) is 10.7. The first-order valence-corrected chi connectivity index (χ1v) is 6.19. The first-order valence-electron chi connectivity index (χ1n) is 6.19. The minimum Gasteiger partial charge on any atom is -0.369 e. The Morgan fingerprint density at radius 1 is 1.00 bits per heavy atom. The van der Waals surface area contributed by atoms with E-state index in [2.05, 4.69) is 42.6 Å². The van der Waals surface area contributed by atoms with Gasteiger partial charge in [0.05, 0.1) is 17.1 Å². The van der Waals surface area contributed by atoms with Crippen LogP contribution in [0.15, 0.2) is 0 Å². The van der Waals surface area contributed by atoms with Gasteiger partial charge in [-0.25, -0.2) is 9.97 Å². The van der Waals surface area contributed by atoms with Crippen LogP contribution in [0, 0.1) is 13.8 Å². The summed E-state index contributed by atoms with van der Waals surface area (Å²) in [5.41, 5.74) is 3.54. The van der Waals surface area contributed by atoms with Crippen molar-refractivity contribution >= 4 is 5.69 Å². The standard InChI is InChI=1S/C13H21N3/c1-9(2)13-14-10(3)12(11(4)15-13)16-7-5-6-8-16/h9H,5-8H2,1-4H3. The molecule has 0 unspecified atom stereocenters. The topological polar surface area (TPSA) is 29.0 Å². The number of aromatic nitrogens is 2. The van der Waals surface area contributed by atoms with Gasteiger partial charge in [0.15, 0.2) is 0 Å². The number of aryl methyl sites for hydroxylation is 2.